The van der Waals surface area contributed by atoms with Crippen LogP contribution in [0.3, 0.4) is 0 Å². The van der Waals surface area contributed by atoms with Gasteiger partial charge in [-0.05, 0) is 36.5 Å². The summed E-state index contributed by atoms with van der Waals surface area (Å²) in [5.41, 5.74) is 2.52. The standard InChI is InChI=1S/C20H23NO3/c1-15-7-5-6-10-17(15)13-24-14-18(22)21-20(11-12-20)19(23)16-8-3-2-4-9-16/h2-10,19,23H,11-14H2,1H3,(H,21,22). The smallest absolute Gasteiger partial charge is 0.246 e. The normalized spacial score (nSPS) is 16.4. The molecule has 24 heavy (non-hydrogen) atoms. The van der Waals surface area contributed by atoms with Crippen LogP contribution in [0, 0.1) is 6.92 Å². The Balaban J connectivity index is 1.51. The van der Waals surface area contributed by atoms with Gasteiger partial charge in [-0.25, -0.2) is 0 Å². The first-order chi connectivity index (χ1) is 11.6. The van der Waals surface area contributed by atoms with E-state index in [4.69, 9.17) is 4.74 Å². The van der Waals surface area contributed by atoms with Crippen molar-refractivity contribution in [2.45, 2.75) is 38.0 Å². The minimum Gasteiger partial charge on any atom is -0.386 e. The number of benzene rings is 2. The molecule has 1 aliphatic rings. The van der Waals surface area contributed by atoms with Crippen LogP contribution in [0.25, 0.3) is 0 Å². The maximum atomic E-state index is 12.2. The number of hydrogen-bond acceptors (Lipinski definition) is 3. The average Bonchev–Trinajstić information content (AvgIpc) is 3.37. The van der Waals surface area contributed by atoms with Gasteiger partial charge >= 0.3 is 0 Å². The van der Waals surface area contributed by atoms with Gasteiger partial charge in [0.15, 0.2) is 0 Å². The number of rotatable bonds is 7. The molecule has 1 unspecified atom stereocenters. The van der Waals surface area contributed by atoms with Crippen LogP contribution in [0.1, 0.15) is 35.6 Å². The number of carbonyl (C=O) groups is 1. The van der Waals surface area contributed by atoms with Crippen LogP contribution in [-0.2, 0) is 16.1 Å². The van der Waals surface area contributed by atoms with Crippen molar-refractivity contribution >= 4 is 5.91 Å². The molecule has 0 aromatic heterocycles. The van der Waals surface area contributed by atoms with Gasteiger partial charge in [-0.3, -0.25) is 4.79 Å². The molecule has 0 saturated heterocycles. The highest BCUT2D eigenvalue weighted by Gasteiger charge is 2.50. The van der Waals surface area contributed by atoms with E-state index < -0.39 is 11.6 Å². The summed E-state index contributed by atoms with van der Waals surface area (Å²) in [7, 11) is 0. The average molecular weight is 325 g/mol. The van der Waals surface area contributed by atoms with Gasteiger partial charge in [0.05, 0.1) is 12.1 Å². The Bertz CT molecular complexity index is 695. The second-order valence-electron chi connectivity index (χ2n) is 6.44. The van der Waals surface area contributed by atoms with Gasteiger partial charge in [-0.2, -0.15) is 0 Å². The molecule has 1 fully saturated rings. The summed E-state index contributed by atoms with van der Waals surface area (Å²) in [6.07, 6.45) is 0.887. The zero-order valence-electron chi connectivity index (χ0n) is 13.9. The highest BCUT2D eigenvalue weighted by atomic mass is 16.5. The van der Waals surface area contributed by atoms with Crippen LogP contribution in [0.15, 0.2) is 54.6 Å². The zero-order valence-corrected chi connectivity index (χ0v) is 13.9. The maximum absolute atomic E-state index is 12.2. The Hall–Kier alpha value is -2.17. The van der Waals surface area contributed by atoms with Crippen molar-refractivity contribution in [1.29, 1.82) is 0 Å². The molecule has 1 aliphatic carbocycles. The Morgan fingerprint density at radius 3 is 2.50 bits per heavy atom. The first kappa shape index (κ1) is 16.7. The number of aryl methyl sites for hydroxylation is 1. The molecule has 1 amide bonds. The molecule has 2 aromatic rings. The predicted octanol–water partition coefficient (Wildman–Crippen LogP) is 2.89. The molecule has 126 valence electrons. The van der Waals surface area contributed by atoms with Crippen molar-refractivity contribution in [2.24, 2.45) is 0 Å². The number of hydrogen-bond donors (Lipinski definition) is 2. The third-order valence-corrected chi connectivity index (χ3v) is 4.57. The summed E-state index contributed by atoms with van der Waals surface area (Å²) in [4.78, 5) is 12.2. The molecule has 1 atom stereocenters. The SMILES string of the molecule is Cc1ccccc1COCC(=O)NC1(C(O)c2ccccc2)CC1. The van der Waals surface area contributed by atoms with Crippen LogP contribution < -0.4 is 5.32 Å². The largest absolute Gasteiger partial charge is 0.386 e. The van der Waals surface area contributed by atoms with Crippen LogP contribution in [0.5, 0.6) is 0 Å². The number of ether oxygens (including phenoxy) is 1. The van der Waals surface area contributed by atoms with E-state index in [1.807, 2.05) is 61.5 Å². The van der Waals surface area contributed by atoms with E-state index in [0.29, 0.717) is 6.61 Å². The second kappa shape index (κ2) is 7.16. The fourth-order valence-corrected chi connectivity index (χ4v) is 2.90. The van der Waals surface area contributed by atoms with E-state index in [9.17, 15) is 9.90 Å². The lowest BCUT2D eigenvalue weighted by Crippen LogP contribution is -2.43. The fourth-order valence-electron chi connectivity index (χ4n) is 2.90. The maximum Gasteiger partial charge on any atom is 0.246 e. The number of nitrogens with one attached hydrogen (secondary N) is 1. The molecule has 4 nitrogen and oxygen atoms in total. The van der Waals surface area contributed by atoms with Crippen LogP contribution in [0.2, 0.25) is 0 Å². The van der Waals surface area contributed by atoms with Crippen LogP contribution in [-0.4, -0.2) is 23.2 Å². The lowest BCUT2D eigenvalue weighted by molar-refractivity contribution is -0.128. The molecule has 0 heterocycles. The van der Waals surface area contributed by atoms with Gasteiger partial charge in [0.25, 0.3) is 0 Å². The topological polar surface area (TPSA) is 58.6 Å². The van der Waals surface area contributed by atoms with Gasteiger partial charge in [0.2, 0.25) is 5.91 Å². The van der Waals surface area contributed by atoms with E-state index in [2.05, 4.69) is 5.32 Å². The van der Waals surface area contributed by atoms with E-state index in [1.165, 1.54) is 0 Å². The van der Waals surface area contributed by atoms with Gasteiger partial charge in [0.1, 0.15) is 12.7 Å². The minimum atomic E-state index is -0.681. The predicted molar refractivity (Wildman–Crippen MR) is 92.3 cm³/mol. The molecule has 3 rings (SSSR count). The van der Waals surface area contributed by atoms with Crippen LogP contribution in [0.4, 0.5) is 0 Å². The highest BCUT2D eigenvalue weighted by Crippen LogP contribution is 2.45. The third-order valence-electron chi connectivity index (χ3n) is 4.57. The zero-order chi connectivity index (χ0) is 17.0. The molecule has 0 aliphatic heterocycles. The van der Waals surface area contributed by atoms with Crippen molar-refractivity contribution in [3.63, 3.8) is 0 Å². The number of aliphatic hydroxyl groups excluding tert-OH is 1. The number of aliphatic hydroxyl groups is 1. The number of amides is 1. The quantitative estimate of drug-likeness (QED) is 0.823. The fraction of sp³-hybridized carbons (Fsp3) is 0.350. The molecule has 0 bridgehead atoms. The van der Waals surface area contributed by atoms with Gasteiger partial charge in [-0.1, -0.05) is 54.6 Å². The molecule has 0 radical (unpaired) electrons. The van der Waals surface area contributed by atoms with Crippen LogP contribution >= 0.6 is 0 Å². The Kier molecular flexibility index (Phi) is 4.97. The van der Waals surface area contributed by atoms with Crippen molar-refractivity contribution < 1.29 is 14.6 Å². The van der Waals surface area contributed by atoms with Crippen molar-refractivity contribution in [3.8, 4) is 0 Å². The molecule has 1 saturated carbocycles. The summed E-state index contributed by atoms with van der Waals surface area (Å²) >= 11 is 0. The summed E-state index contributed by atoms with van der Waals surface area (Å²) in [5.74, 6) is -0.184. The highest BCUT2D eigenvalue weighted by molar-refractivity contribution is 5.78. The van der Waals surface area contributed by atoms with Crippen molar-refractivity contribution in [1.82, 2.24) is 5.32 Å². The number of carbonyl (C=O) groups excluding carboxylic acids is 1. The second-order valence-corrected chi connectivity index (χ2v) is 6.44. The van der Waals surface area contributed by atoms with Crippen molar-refractivity contribution in [3.05, 3.63) is 71.3 Å². The monoisotopic (exact) mass is 325 g/mol. The lowest BCUT2D eigenvalue weighted by atomic mass is 10.0. The molecular formula is C20H23NO3. The Labute approximate surface area is 142 Å². The minimum absolute atomic E-state index is 0.00239. The van der Waals surface area contributed by atoms with E-state index in [0.717, 1.165) is 29.5 Å². The molecular weight excluding hydrogens is 302 g/mol. The Morgan fingerprint density at radius 1 is 1.17 bits per heavy atom. The first-order valence-electron chi connectivity index (χ1n) is 8.27. The summed E-state index contributed by atoms with van der Waals surface area (Å²) in [5, 5.41) is 13.5. The van der Waals surface area contributed by atoms with E-state index in [-0.39, 0.29) is 12.5 Å². The lowest BCUT2D eigenvalue weighted by Gasteiger charge is -2.24. The Morgan fingerprint density at radius 2 is 1.83 bits per heavy atom. The van der Waals surface area contributed by atoms with Crippen molar-refractivity contribution in [2.75, 3.05) is 6.61 Å². The summed E-state index contributed by atoms with van der Waals surface area (Å²) < 4.78 is 5.53. The summed E-state index contributed by atoms with van der Waals surface area (Å²) in [6, 6.07) is 17.4. The van der Waals surface area contributed by atoms with E-state index in [1.54, 1.807) is 0 Å². The first-order valence-corrected chi connectivity index (χ1v) is 8.27. The molecule has 2 N–H and O–H groups in total. The van der Waals surface area contributed by atoms with E-state index >= 15 is 0 Å². The van der Waals surface area contributed by atoms with Gasteiger partial charge in [0, 0.05) is 0 Å². The van der Waals surface area contributed by atoms with Gasteiger partial charge < -0.3 is 15.2 Å². The molecule has 4 heteroatoms. The summed E-state index contributed by atoms with van der Waals surface area (Å²) in [6.45, 7) is 2.43. The third kappa shape index (κ3) is 3.83. The molecule has 2 aromatic carbocycles. The van der Waals surface area contributed by atoms with Gasteiger partial charge in [-0.15, -0.1) is 0 Å². The molecule has 0 spiro atoms.